The van der Waals surface area contributed by atoms with E-state index in [0.717, 1.165) is 95.1 Å². The molecule has 39 nitrogen and oxygen atoms in total. The Morgan fingerprint density at radius 2 is 0.752 bits per heavy atom. The van der Waals surface area contributed by atoms with Crippen LogP contribution in [0.4, 0.5) is 25.0 Å². The molecule has 0 radical (unpaired) electrons. The first kappa shape index (κ1) is 89.2. The molecule has 4 saturated heterocycles. The predicted molar refractivity (Wildman–Crippen MR) is 495 cm³/mol. The monoisotopic (exact) mass is 1840 g/mol. The molecule has 21 rings (SSSR count). The summed E-state index contributed by atoms with van der Waals surface area (Å²) in [6.45, 7) is 3.46. The molecule has 0 unspecified atom stereocenters. The van der Waals surface area contributed by atoms with Gasteiger partial charge in [0.2, 0.25) is 22.2 Å². The van der Waals surface area contributed by atoms with E-state index in [0.29, 0.717) is 99.5 Å². The van der Waals surface area contributed by atoms with Crippen molar-refractivity contribution in [2.45, 2.75) is 61.8 Å². The van der Waals surface area contributed by atoms with Crippen LogP contribution in [0.1, 0.15) is 97.3 Å². The highest BCUT2D eigenvalue weighted by Crippen LogP contribution is 2.36. The number of nitrogen functional groups attached to an aromatic ring is 1. The maximum Gasteiger partial charge on any atom is 0.323 e. The number of carbonyl (C=O) groups excluding carboxylic acids is 12. The first-order valence-corrected chi connectivity index (χ1v) is 42.6. The maximum absolute atomic E-state index is 13.1. The molecule has 8 aliphatic rings. The molecule has 4 atom stereocenters. The van der Waals surface area contributed by atoms with E-state index in [4.69, 9.17) is 24.7 Å². The second kappa shape index (κ2) is 35.7. The van der Waals surface area contributed by atoms with Gasteiger partial charge in [-0.15, -0.1) is 0 Å². The van der Waals surface area contributed by atoms with Crippen LogP contribution in [0.25, 0.3) is 54.9 Å². The largest absolute Gasteiger partial charge is 0.497 e. The van der Waals surface area contributed by atoms with Crippen LogP contribution >= 0.6 is 0 Å². The second-order valence-electron chi connectivity index (χ2n) is 33.6. The average Bonchev–Trinajstić information content (AvgIpc) is 1.66. The second-order valence-corrected chi connectivity index (χ2v) is 33.6. The smallest absolute Gasteiger partial charge is 0.323 e. The molecule has 13 aromatic rings. The molecule has 0 saturated carbocycles. The number of imide groups is 4. The number of aromatic amines is 3. The van der Waals surface area contributed by atoms with E-state index in [1.54, 1.807) is 96.9 Å². The third-order valence-corrected chi connectivity index (χ3v) is 24.2. The zero-order chi connectivity index (χ0) is 96.1. The van der Waals surface area contributed by atoms with Crippen LogP contribution in [0.3, 0.4) is 0 Å². The Kier molecular flexibility index (Phi) is 23.3. The van der Waals surface area contributed by atoms with Crippen molar-refractivity contribution in [1.29, 1.82) is 0 Å². The number of aromatic nitrogens is 9. The van der Waals surface area contributed by atoms with Crippen LogP contribution in [0.2, 0.25) is 0 Å². The Morgan fingerprint density at radius 3 is 1.12 bits per heavy atom. The number of anilines is 1. The van der Waals surface area contributed by atoms with Gasteiger partial charge in [-0.2, -0.15) is 20.4 Å². The number of urea groups is 4. The summed E-state index contributed by atoms with van der Waals surface area (Å²) in [4.78, 5) is 164. The number of carbonyl (C=O) groups is 12. The number of rotatable bonds is 15. The van der Waals surface area contributed by atoms with Gasteiger partial charge in [0.1, 0.15) is 28.7 Å². The summed E-state index contributed by atoms with van der Waals surface area (Å²) in [6.07, 6.45) is 3.41. The Morgan fingerprint density at radius 1 is 0.401 bits per heavy atom. The highest BCUT2D eigenvalue weighted by molar-refractivity contribution is 6.14. The Balaban J connectivity index is 0.000000122. The molecule has 8 aromatic carbocycles. The Bertz CT molecular complexity index is 7640. The van der Waals surface area contributed by atoms with Crippen molar-refractivity contribution in [3.05, 3.63) is 248 Å². The fourth-order valence-corrected chi connectivity index (χ4v) is 17.2. The maximum atomic E-state index is 13.1. The van der Waals surface area contributed by atoms with Crippen LogP contribution in [-0.2, 0) is 58.9 Å². The number of benzene rings is 8. The van der Waals surface area contributed by atoms with Gasteiger partial charge in [-0.1, -0.05) is 71.6 Å². The molecule has 4 fully saturated rings. The zero-order valence-corrected chi connectivity index (χ0v) is 74.6. The number of nitrogens with two attached hydrogens (primary N) is 1. The lowest BCUT2D eigenvalue weighted by molar-refractivity contribution is -0.123. The van der Waals surface area contributed by atoms with E-state index < -0.39 is 69.9 Å². The third kappa shape index (κ3) is 17.4. The van der Waals surface area contributed by atoms with E-state index in [9.17, 15) is 57.5 Å². The van der Waals surface area contributed by atoms with Gasteiger partial charge in [0.25, 0.3) is 47.3 Å². The molecular weight excluding hydrogens is 1760 g/mol. The van der Waals surface area contributed by atoms with Gasteiger partial charge in [-0.05, 0) is 177 Å². The number of hydrogen-bond acceptors (Lipinski definition) is 23. The fraction of sp³-hybridized carbons (Fsp3) is 0.214. The summed E-state index contributed by atoms with van der Waals surface area (Å²) < 4.78 is 22.5. The van der Waals surface area contributed by atoms with E-state index in [2.05, 4.69) is 131 Å². The lowest BCUT2D eigenvalue weighted by atomic mass is 9.98. The lowest BCUT2D eigenvalue weighted by Crippen LogP contribution is -2.54. The molecule has 16 amide bonds. The standard InChI is InChI=1S/C27H20N6O4.C25H24N6O4.C23H20N6O4.C23H19N5O4/c1-37-19-4-3-18-14-33(24(34)21(18)13-19)15-27(25(35)29-26(36)30-27)9-6-16-2-5-20-22(12-16)31-32-23(20)17-7-10-28-11-8-17;1-30(2)13-21-18-7-4-15(10-20(18)28-29-21)8-9-25(23(33)26-24(34)27-25)14-31-12-16-5-6-17(35-3)11-19(16)22(31)32;1-28-18-9-13(3-6-16(18)19(24)27-28)7-8-23(21(31)25-22(32)26-23)12-29-11-14-4-5-15(33-2)10-17(14)20(29)30;1-13-17-6-3-14(9-19(17)27-26-13)7-8-23(21(30)24-22(31)25-23)12-28-11-15-4-5-16(32-2)10-18(15)20(28)29/h2-5,7-8,10-13H,14-15H2,1H3,(H,31,32)(H2,29,30,35,36);4-7,10-11H,12-14H2,1-3H3,(H,28,29)(H2,26,27,33,34);3-6,9-10H,11-12H2,1-2H3,(H2,24,27)(H2,25,26,31,32);3-6,9-10H,11-12H2,1-2H3,(H,26,27)(H2,24,25,30,31)/t27-;25-;2*23-/m1111/s1. The Labute approximate surface area is 778 Å². The highest BCUT2D eigenvalue weighted by atomic mass is 16.5. The summed E-state index contributed by atoms with van der Waals surface area (Å²) in [5.74, 6) is 22.9. The van der Waals surface area contributed by atoms with Gasteiger partial charge < -0.3 is 70.4 Å². The number of amides is 16. The van der Waals surface area contributed by atoms with Gasteiger partial charge in [0.05, 0.1) is 82.4 Å². The number of nitrogens with one attached hydrogen (secondary N) is 11. The van der Waals surface area contributed by atoms with Crippen molar-refractivity contribution in [3.8, 4) is 81.6 Å². The van der Waals surface area contributed by atoms with Gasteiger partial charge >= 0.3 is 24.1 Å². The van der Waals surface area contributed by atoms with E-state index >= 15 is 0 Å². The van der Waals surface area contributed by atoms with Crippen molar-refractivity contribution >= 4 is 121 Å². The minimum Gasteiger partial charge on any atom is -0.497 e. The number of nitrogens with zero attached hydrogens (tertiary/aromatic N) is 11. The number of H-pyrrole nitrogens is 3. The van der Waals surface area contributed by atoms with E-state index in [1.165, 1.54) is 48.0 Å². The lowest BCUT2D eigenvalue weighted by Gasteiger charge is -2.26. The van der Waals surface area contributed by atoms with Crippen molar-refractivity contribution in [1.82, 2.24) is 112 Å². The van der Waals surface area contributed by atoms with Crippen LogP contribution in [0.5, 0.6) is 23.0 Å². The molecule has 39 heteroatoms. The molecule has 8 aliphatic heterocycles. The zero-order valence-electron chi connectivity index (χ0n) is 74.6. The Hall–Kier alpha value is -18.4. The summed E-state index contributed by atoms with van der Waals surface area (Å²) >= 11 is 0. The average molecular weight is 1840 g/mol. The van der Waals surface area contributed by atoms with E-state index in [-0.39, 0.29) is 49.8 Å². The minimum atomic E-state index is -1.59. The molecule has 13 heterocycles. The third-order valence-electron chi connectivity index (χ3n) is 24.2. The summed E-state index contributed by atoms with van der Waals surface area (Å²) in [5.41, 5.74) is 14.1. The highest BCUT2D eigenvalue weighted by Gasteiger charge is 2.53. The topological polar surface area (TPSA) is 497 Å². The summed E-state index contributed by atoms with van der Waals surface area (Å²) in [7, 11) is 11.9. The van der Waals surface area contributed by atoms with Gasteiger partial charge in [0, 0.05) is 129 Å². The quantitative estimate of drug-likeness (QED) is 0.0435. The first-order chi connectivity index (χ1) is 65.9. The number of methoxy groups -OCH3 is 4. The molecule has 0 bridgehead atoms. The van der Waals surface area contributed by atoms with Crippen LogP contribution in [-0.4, -0.2) is 232 Å². The summed E-state index contributed by atoms with van der Waals surface area (Å²) in [5, 5.41) is 49.3. The normalized spacial score (nSPS) is 19.0. The van der Waals surface area contributed by atoms with Gasteiger partial charge in [0.15, 0.2) is 5.82 Å². The van der Waals surface area contributed by atoms with Crippen molar-refractivity contribution in [2.24, 2.45) is 7.05 Å². The number of fused-ring (bicyclic) bond motifs is 8. The SMILES string of the molecule is COc1ccc2c(c1)C(=O)N(C[C@@]1(C#Cc3ccc4c(-c5ccncc5)n[nH]c4c3)NC(=O)NC1=O)C2.COc1ccc2c(c1)C(=O)N(C[C@@]1(C#Cc3ccc4c(C)[nH]nc4c3)NC(=O)NC1=O)C2.COc1ccc2c(c1)C(=O)N(C[C@@]1(C#Cc3ccc4c(CN(C)C)[nH]nc4c3)NC(=O)NC1=O)C2.COc1ccc2c(c1)C(=O)N(C[C@@]1(C#Cc3ccc4c(N)nn(C)c4c3)NC(=O)NC1=O)C2. The first-order valence-electron chi connectivity index (χ1n) is 42.6. The van der Waals surface area contributed by atoms with Gasteiger partial charge in [-0.25, -0.2) is 19.2 Å². The number of hydrogen-bond donors (Lipinski definition) is 12. The van der Waals surface area contributed by atoms with Gasteiger partial charge in [-0.3, -0.25) is 84.6 Å². The number of aryl methyl sites for hydroxylation is 2. The molecule has 13 N–H and O–H groups in total. The molecule has 0 aliphatic carbocycles. The van der Waals surface area contributed by atoms with Crippen molar-refractivity contribution < 1.29 is 76.5 Å². The number of pyridine rings is 1. The molecule has 5 aromatic heterocycles. The molecule has 0 spiro atoms. The minimum absolute atomic E-state index is 0.0862. The fourth-order valence-electron chi connectivity index (χ4n) is 17.2. The van der Waals surface area contributed by atoms with Crippen LogP contribution in [0, 0.1) is 54.3 Å². The molecular formula is C98H83N23O16. The molecule has 137 heavy (non-hydrogen) atoms. The van der Waals surface area contributed by atoms with Crippen LogP contribution < -0.4 is 67.2 Å². The van der Waals surface area contributed by atoms with Crippen molar-refractivity contribution in [2.75, 3.05) is 74.4 Å². The number of ether oxygens (including phenoxy) is 4. The van der Waals surface area contributed by atoms with Crippen molar-refractivity contribution in [3.63, 3.8) is 0 Å². The van der Waals surface area contributed by atoms with E-state index in [1.807, 2.05) is 111 Å². The predicted octanol–water partition coefficient (Wildman–Crippen LogP) is 5.65. The summed E-state index contributed by atoms with van der Waals surface area (Å²) in [6, 6.07) is 44.2. The molecule has 686 valence electrons. The van der Waals surface area contributed by atoms with Crippen LogP contribution in [0.15, 0.2) is 170 Å².